The summed E-state index contributed by atoms with van der Waals surface area (Å²) < 4.78 is 1.09. The lowest BCUT2D eigenvalue weighted by Gasteiger charge is -1.99. The number of amides is 1. The van der Waals surface area contributed by atoms with E-state index in [0.29, 0.717) is 5.56 Å². The van der Waals surface area contributed by atoms with Gasteiger partial charge in [0.2, 0.25) is 0 Å². The number of hydrogen-bond acceptors (Lipinski definition) is 2. The number of rotatable bonds is 3. The fraction of sp³-hybridized carbons (Fsp3) is 0. The van der Waals surface area contributed by atoms with Crippen molar-refractivity contribution in [3.8, 4) is 0 Å². The second kappa shape index (κ2) is 6.30. The van der Waals surface area contributed by atoms with E-state index in [2.05, 4.69) is 33.1 Å². The van der Waals surface area contributed by atoms with E-state index in [0.717, 1.165) is 9.13 Å². The van der Waals surface area contributed by atoms with Gasteiger partial charge in [0.15, 0.2) is 0 Å². The number of hydrogen-bond donors (Lipinski definition) is 1. The predicted octanol–water partition coefficient (Wildman–Crippen LogP) is 3.06. The predicted molar refractivity (Wildman–Crippen MR) is 80.7 cm³/mol. The van der Waals surface area contributed by atoms with Crippen LogP contribution in [0, 0.1) is 3.57 Å². The molecule has 1 N–H and O–H groups in total. The number of carbonyl (C=O) groups is 1. The van der Waals surface area contributed by atoms with Crippen molar-refractivity contribution in [2.75, 3.05) is 0 Å². The molecule has 0 fully saturated rings. The maximum absolute atomic E-state index is 11.7. The Morgan fingerprint density at radius 2 is 1.72 bits per heavy atom. The van der Waals surface area contributed by atoms with Crippen LogP contribution in [0.2, 0.25) is 0 Å². The molecule has 0 atom stereocenters. The fourth-order valence-corrected chi connectivity index (χ4v) is 1.92. The molecular weight excluding hydrogens is 339 g/mol. The van der Waals surface area contributed by atoms with Crippen molar-refractivity contribution >= 4 is 34.7 Å². The third-order valence-corrected chi connectivity index (χ3v) is 3.29. The van der Waals surface area contributed by atoms with Gasteiger partial charge in [-0.1, -0.05) is 36.4 Å². The second-order valence-electron chi connectivity index (χ2n) is 3.59. The maximum Gasteiger partial charge on any atom is 0.271 e. The third-order valence-electron chi connectivity index (χ3n) is 2.31. The number of carbonyl (C=O) groups excluding carboxylic acids is 1. The zero-order valence-electron chi connectivity index (χ0n) is 9.51. The number of hydrazone groups is 1. The van der Waals surface area contributed by atoms with Crippen LogP contribution in [0.5, 0.6) is 0 Å². The zero-order chi connectivity index (χ0) is 12.8. The average molecular weight is 350 g/mol. The van der Waals surface area contributed by atoms with Crippen molar-refractivity contribution in [2.45, 2.75) is 0 Å². The van der Waals surface area contributed by atoms with Crippen molar-refractivity contribution in [3.05, 3.63) is 69.3 Å². The summed E-state index contributed by atoms with van der Waals surface area (Å²) in [6.45, 7) is 0. The van der Waals surface area contributed by atoms with E-state index >= 15 is 0 Å². The Labute approximate surface area is 119 Å². The quantitative estimate of drug-likeness (QED) is 0.516. The first-order chi connectivity index (χ1) is 8.77. The third kappa shape index (κ3) is 3.40. The molecule has 0 spiro atoms. The lowest BCUT2D eigenvalue weighted by Crippen LogP contribution is -2.17. The largest absolute Gasteiger partial charge is 0.271 e. The van der Waals surface area contributed by atoms with Gasteiger partial charge in [0.1, 0.15) is 0 Å². The topological polar surface area (TPSA) is 41.5 Å². The molecule has 1 amide bonds. The van der Waals surface area contributed by atoms with Crippen LogP contribution in [0.3, 0.4) is 0 Å². The van der Waals surface area contributed by atoms with Gasteiger partial charge in [0.05, 0.1) is 6.21 Å². The maximum atomic E-state index is 11.7. The minimum atomic E-state index is -0.210. The number of benzene rings is 2. The molecular formula is C14H11IN2O. The number of nitrogens with zero attached hydrogens (tertiary/aromatic N) is 1. The van der Waals surface area contributed by atoms with Crippen LogP contribution in [0.4, 0.5) is 0 Å². The molecule has 0 aliphatic heterocycles. The van der Waals surface area contributed by atoms with Crippen LogP contribution in [-0.2, 0) is 0 Å². The normalized spacial score (nSPS) is 10.5. The van der Waals surface area contributed by atoms with Gasteiger partial charge in [-0.2, -0.15) is 5.10 Å². The Morgan fingerprint density at radius 3 is 2.44 bits per heavy atom. The lowest BCUT2D eigenvalue weighted by atomic mass is 10.2. The van der Waals surface area contributed by atoms with E-state index in [1.54, 1.807) is 18.3 Å². The van der Waals surface area contributed by atoms with Gasteiger partial charge in [-0.05, 0) is 40.8 Å². The molecule has 18 heavy (non-hydrogen) atoms. The van der Waals surface area contributed by atoms with Crippen LogP contribution in [0.25, 0.3) is 0 Å². The Bertz CT molecular complexity index is 567. The summed E-state index contributed by atoms with van der Waals surface area (Å²) in [5, 5.41) is 3.95. The van der Waals surface area contributed by atoms with Crippen LogP contribution in [0.15, 0.2) is 59.7 Å². The molecule has 2 aromatic carbocycles. The van der Waals surface area contributed by atoms with Gasteiger partial charge in [0.25, 0.3) is 5.91 Å². The molecule has 0 aromatic heterocycles. The molecule has 2 aromatic rings. The van der Waals surface area contributed by atoms with Crippen molar-refractivity contribution in [2.24, 2.45) is 5.10 Å². The van der Waals surface area contributed by atoms with Crippen molar-refractivity contribution in [1.82, 2.24) is 5.43 Å². The molecule has 4 heteroatoms. The number of halogens is 1. The summed E-state index contributed by atoms with van der Waals surface area (Å²) in [6.07, 6.45) is 1.64. The van der Waals surface area contributed by atoms with E-state index in [1.807, 2.05) is 42.5 Å². The standard InChI is InChI=1S/C14H11IN2O/c15-13-9-5-4-8-12(13)10-16-17-14(18)11-6-2-1-3-7-11/h1-10H,(H,17,18). The number of nitrogens with one attached hydrogen (secondary N) is 1. The van der Waals surface area contributed by atoms with Gasteiger partial charge in [-0.25, -0.2) is 5.43 Å². The average Bonchev–Trinajstić information content (AvgIpc) is 2.42. The van der Waals surface area contributed by atoms with Gasteiger partial charge < -0.3 is 0 Å². The molecule has 0 radical (unpaired) electrons. The molecule has 0 bridgehead atoms. The molecule has 2 rings (SSSR count). The first-order valence-electron chi connectivity index (χ1n) is 5.40. The molecule has 0 aliphatic rings. The summed E-state index contributed by atoms with van der Waals surface area (Å²) >= 11 is 2.23. The molecule has 0 unspecified atom stereocenters. The van der Waals surface area contributed by atoms with Crippen molar-refractivity contribution in [1.29, 1.82) is 0 Å². The first-order valence-corrected chi connectivity index (χ1v) is 6.48. The highest BCUT2D eigenvalue weighted by molar-refractivity contribution is 14.1. The Kier molecular flexibility index (Phi) is 4.46. The molecule has 3 nitrogen and oxygen atoms in total. The smallest absolute Gasteiger partial charge is 0.267 e. The molecule has 90 valence electrons. The van der Waals surface area contributed by atoms with Crippen LogP contribution < -0.4 is 5.43 Å². The molecule has 0 aliphatic carbocycles. The van der Waals surface area contributed by atoms with E-state index in [4.69, 9.17) is 0 Å². The Morgan fingerprint density at radius 1 is 1.06 bits per heavy atom. The zero-order valence-corrected chi connectivity index (χ0v) is 11.7. The minimum absolute atomic E-state index is 0.210. The van der Waals surface area contributed by atoms with Crippen LogP contribution in [0.1, 0.15) is 15.9 Å². The summed E-state index contributed by atoms with van der Waals surface area (Å²) in [6, 6.07) is 16.8. The summed E-state index contributed by atoms with van der Waals surface area (Å²) in [4.78, 5) is 11.7. The monoisotopic (exact) mass is 350 g/mol. The van der Waals surface area contributed by atoms with E-state index < -0.39 is 0 Å². The minimum Gasteiger partial charge on any atom is -0.267 e. The summed E-state index contributed by atoms with van der Waals surface area (Å²) in [5.74, 6) is -0.210. The summed E-state index contributed by atoms with van der Waals surface area (Å²) in [7, 11) is 0. The summed E-state index contributed by atoms with van der Waals surface area (Å²) in [5.41, 5.74) is 4.07. The van der Waals surface area contributed by atoms with Crippen molar-refractivity contribution < 1.29 is 4.79 Å². The first kappa shape index (κ1) is 12.8. The highest BCUT2D eigenvalue weighted by Crippen LogP contribution is 2.08. The van der Waals surface area contributed by atoms with Gasteiger partial charge in [-0.3, -0.25) is 4.79 Å². The van der Waals surface area contributed by atoms with Crippen LogP contribution in [-0.4, -0.2) is 12.1 Å². The highest BCUT2D eigenvalue weighted by atomic mass is 127. The second-order valence-corrected chi connectivity index (χ2v) is 4.75. The molecule has 0 heterocycles. The van der Waals surface area contributed by atoms with Gasteiger partial charge >= 0.3 is 0 Å². The molecule has 0 saturated carbocycles. The Hall–Kier alpha value is -1.69. The molecule has 0 saturated heterocycles. The Balaban J connectivity index is 2.00. The highest BCUT2D eigenvalue weighted by Gasteiger charge is 2.01. The fourth-order valence-electron chi connectivity index (χ4n) is 1.39. The SMILES string of the molecule is O=C(NN=Cc1ccccc1I)c1ccccc1. The van der Waals surface area contributed by atoms with Gasteiger partial charge in [-0.15, -0.1) is 0 Å². The van der Waals surface area contributed by atoms with E-state index in [-0.39, 0.29) is 5.91 Å². The van der Waals surface area contributed by atoms with E-state index in [1.165, 1.54) is 0 Å². The van der Waals surface area contributed by atoms with Gasteiger partial charge in [0, 0.05) is 14.7 Å². The van der Waals surface area contributed by atoms with E-state index in [9.17, 15) is 4.79 Å². The van der Waals surface area contributed by atoms with Crippen molar-refractivity contribution in [3.63, 3.8) is 0 Å². The lowest BCUT2D eigenvalue weighted by molar-refractivity contribution is 0.0955. The van der Waals surface area contributed by atoms with Crippen LogP contribution >= 0.6 is 22.6 Å².